The van der Waals surface area contributed by atoms with E-state index in [0.717, 1.165) is 12.1 Å². The molecule has 0 aliphatic carbocycles. The van der Waals surface area contributed by atoms with Crippen LogP contribution in [0.1, 0.15) is 17.3 Å². The van der Waals surface area contributed by atoms with Crippen LogP contribution in [0.5, 0.6) is 0 Å². The lowest BCUT2D eigenvalue weighted by atomic mass is 10.1. The summed E-state index contributed by atoms with van der Waals surface area (Å²) >= 11 is 0. The Kier molecular flexibility index (Phi) is 5.08. The Morgan fingerprint density at radius 2 is 2.10 bits per heavy atom. The molecule has 0 saturated carbocycles. The lowest BCUT2D eigenvalue weighted by Crippen LogP contribution is -2.38. The number of anilines is 1. The first kappa shape index (κ1) is 16.7. The average Bonchev–Trinajstić information content (AvgIpc) is 2.42. The maximum absolute atomic E-state index is 12.4. The summed E-state index contributed by atoms with van der Waals surface area (Å²) in [4.78, 5) is 22.6. The van der Waals surface area contributed by atoms with Crippen LogP contribution in [0, 0.1) is 10.1 Å². The molecule has 0 bridgehead atoms. The number of nitrogens with two attached hydrogens (primary N) is 1. The van der Waals surface area contributed by atoms with Gasteiger partial charge < -0.3 is 10.3 Å². The molecule has 0 aliphatic rings. The zero-order valence-electron chi connectivity index (χ0n) is 11.0. The Morgan fingerprint density at radius 1 is 1.48 bits per heavy atom. The predicted octanol–water partition coefficient (Wildman–Crippen LogP) is 1.90. The number of nitro groups is 1. The van der Waals surface area contributed by atoms with Gasteiger partial charge in [0.1, 0.15) is 12.2 Å². The van der Waals surface area contributed by atoms with Crippen molar-refractivity contribution in [3.63, 3.8) is 0 Å². The summed E-state index contributed by atoms with van der Waals surface area (Å²) in [7, 11) is 0. The number of nitrogen functional groups attached to an aromatic ring is 1. The van der Waals surface area contributed by atoms with Gasteiger partial charge in [0.2, 0.25) is 0 Å². The van der Waals surface area contributed by atoms with E-state index in [1.165, 1.54) is 13.0 Å². The summed E-state index contributed by atoms with van der Waals surface area (Å²) < 4.78 is 37.1. The second-order valence-corrected chi connectivity index (χ2v) is 4.07. The van der Waals surface area contributed by atoms with Crippen molar-refractivity contribution in [1.82, 2.24) is 4.90 Å². The molecule has 0 unspecified atom stereocenters. The van der Waals surface area contributed by atoms with E-state index in [9.17, 15) is 28.1 Å². The topological polar surface area (TPSA) is 102 Å². The van der Waals surface area contributed by atoms with Gasteiger partial charge in [0.15, 0.2) is 0 Å². The number of benzene rings is 1. The van der Waals surface area contributed by atoms with Crippen LogP contribution < -0.4 is 11.3 Å². The van der Waals surface area contributed by atoms with Gasteiger partial charge in [-0.25, -0.2) is 0 Å². The van der Waals surface area contributed by atoms with Gasteiger partial charge >= 0.3 is 6.18 Å². The van der Waals surface area contributed by atoms with Crippen LogP contribution in [0.15, 0.2) is 18.2 Å². The Morgan fingerprint density at radius 3 is 2.52 bits per heavy atom. The van der Waals surface area contributed by atoms with E-state index in [4.69, 9.17) is 5.84 Å². The van der Waals surface area contributed by atoms with E-state index >= 15 is 0 Å². The summed E-state index contributed by atoms with van der Waals surface area (Å²) in [6.45, 7) is -0.218. The second kappa shape index (κ2) is 6.39. The molecule has 116 valence electrons. The van der Waals surface area contributed by atoms with Gasteiger partial charge in [-0.2, -0.15) is 13.2 Å². The molecule has 21 heavy (non-hydrogen) atoms. The molecule has 10 heteroatoms. The molecule has 0 radical (unpaired) electrons. The van der Waals surface area contributed by atoms with Crippen molar-refractivity contribution in [2.24, 2.45) is 5.84 Å². The van der Waals surface area contributed by atoms with E-state index in [1.807, 2.05) is 0 Å². The van der Waals surface area contributed by atoms with Gasteiger partial charge in [0, 0.05) is 18.2 Å². The van der Waals surface area contributed by atoms with Crippen molar-refractivity contribution in [2.45, 2.75) is 13.1 Å². The van der Waals surface area contributed by atoms with Gasteiger partial charge in [-0.3, -0.25) is 20.8 Å². The highest BCUT2D eigenvalue weighted by Crippen LogP contribution is 2.26. The zero-order valence-corrected chi connectivity index (χ0v) is 11.0. The number of hydrazine groups is 1. The minimum atomic E-state index is -4.55. The van der Waals surface area contributed by atoms with Gasteiger partial charge in [0.05, 0.1) is 4.92 Å². The van der Waals surface area contributed by atoms with Crippen LogP contribution in [0.25, 0.3) is 0 Å². The second-order valence-electron chi connectivity index (χ2n) is 4.07. The van der Waals surface area contributed by atoms with Crippen LogP contribution in [0.4, 0.5) is 24.5 Å². The van der Waals surface area contributed by atoms with Gasteiger partial charge in [0.25, 0.3) is 11.6 Å². The summed E-state index contributed by atoms with van der Waals surface area (Å²) in [5.41, 5.74) is 1.32. The number of carbonyl (C=O) groups excluding carboxylic acids is 1. The average molecular weight is 306 g/mol. The van der Waals surface area contributed by atoms with Crippen LogP contribution >= 0.6 is 0 Å². The Hall–Kier alpha value is -2.36. The first-order valence-electron chi connectivity index (χ1n) is 5.80. The van der Waals surface area contributed by atoms with Gasteiger partial charge in [-0.1, -0.05) is 0 Å². The van der Waals surface area contributed by atoms with Crippen molar-refractivity contribution < 1.29 is 22.9 Å². The molecule has 1 rings (SSSR count). The first-order valence-corrected chi connectivity index (χ1v) is 5.80. The zero-order chi connectivity index (χ0) is 16.2. The van der Waals surface area contributed by atoms with Crippen LogP contribution in [0.3, 0.4) is 0 Å². The molecule has 1 aromatic carbocycles. The molecule has 0 fully saturated rings. The number of nitrogens with one attached hydrogen (secondary N) is 1. The van der Waals surface area contributed by atoms with E-state index in [1.54, 1.807) is 0 Å². The van der Waals surface area contributed by atoms with E-state index < -0.39 is 29.2 Å². The largest absolute Gasteiger partial charge is 0.406 e. The van der Waals surface area contributed by atoms with E-state index in [0.29, 0.717) is 4.90 Å². The molecule has 1 aromatic rings. The maximum Gasteiger partial charge on any atom is 0.406 e. The van der Waals surface area contributed by atoms with Gasteiger partial charge in [-0.05, 0) is 19.1 Å². The monoisotopic (exact) mass is 306 g/mol. The molecule has 0 aliphatic heterocycles. The molecule has 0 heterocycles. The number of amides is 1. The van der Waals surface area contributed by atoms with E-state index in [-0.39, 0.29) is 17.8 Å². The first-order chi connectivity index (χ1) is 9.69. The maximum atomic E-state index is 12.4. The third kappa shape index (κ3) is 4.31. The van der Waals surface area contributed by atoms with Crippen LogP contribution in [-0.2, 0) is 0 Å². The Labute approximate surface area is 117 Å². The third-order valence-corrected chi connectivity index (χ3v) is 2.64. The number of nitrogens with zero attached hydrogens (tertiary/aromatic N) is 2. The number of alkyl halides is 3. The minimum Gasteiger partial charge on any atom is -0.330 e. The van der Waals surface area contributed by atoms with Crippen molar-refractivity contribution in [2.75, 3.05) is 18.5 Å². The number of nitro benzene ring substituents is 1. The quantitative estimate of drug-likeness (QED) is 0.491. The van der Waals surface area contributed by atoms with Crippen LogP contribution in [-0.4, -0.2) is 35.0 Å². The number of hydrogen-bond acceptors (Lipinski definition) is 5. The normalized spacial score (nSPS) is 11.1. The SMILES string of the molecule is CCN(CC(F)(F)F)C(=O)c1ccc(NN)c([N+](=O)[O-])c1. The molecular formula is C11H13F3N4O3. The molecule has 0 saturated heterocycles. The van der Waals surface area contributed by atoms with Crippen molar-refractivity contribution >= 4 is 17.3 Å². The number of carbonyl (C=O) groups is 1. The minimum absolute atomic E-state index is 0.0459. The summed E-state index contributed by atoms with van der Waals surface area (Å²) in [5, 5.41) is 10.8. The number of rotatable bonds is 5. The van der Waals surface area contributed by atoms with Gasteiger partial charge in [-0.15, -0.1) is 0 Å². The smallest absolute Gasteiger partial charge is 0.330 e. The lowest BCUT2D eigenvalue weighted by molar-refractivity contribution is -0.384. The summed E-state index contributed by atoms with van der Waals surface area (Å²) in [6.07, 6.45) is -4.55. The fourth-order valence-corrected chi connectivity index (χ4v) is 1.66. The molecule has 3 N–H and O–H groups in total. The molecule has 0 aromatic heterocycles. The predicted molar refractivity (Wildman–Crippen MR) is 68.5 cm³/mol. The van der Waals surface area contributed by atoms with E-state index in [2.05, 4.69) is 5.43 Å². The molecular weight excluding hydrogens is 293 g/mol. The summed E-state index contributed by atoms with van der Waals surface area (Å²) in [5.74, 6) is 4.14. The lowest BCUT2D eigenvalue weighted by Gasteiger charge is -2.22. The standard InChI is InChI=1S/C11H13F3N4O3/c1-2-17(6-11(12,13)14)10(19)7-3-4-8(16-15)9(5-7)18(20)21/h3-5,16H,2,6,15H2,1H3. The van der Waals surface area contributed by atoms with Crippen molar-refractivity contribution in [1.29, 1.82) is 0 Å². The highest BCUT2D eigenvalue weighted by molar-refractivity contribution is 5.95. The summed E-state index contributed by atoms with van der Waals surface area (Å²) in [6, 6.07) is 3.22. The Bertz CT molecular complexity index is 548. The highest BCUT2D eigenvalue weighted by Gasteiger charge is 2.33. The fraction of sp³-hybridized carbons (Fsp3) is 0.364. The third-order valence-electron chi connectivity index (χ3n) is 2.64. The Balaban J connectivity index is 3.11. The fourth-order valence-electron chi connectivity index (χ4n) is 1.66. The van der Waals surface area contributed by atoms with Crippen LogP contribution in [0.2, 0.25) is 0 Å². The van der Waals surface area contributed by atoms with Crippen molar-refractivity contribution in [3.05, 3.63) is 33.9 Å². The molecule has 0 spiro atoms. The number of halogens is 3. The molecule has 7 nitrogen and oxygen atoms in total. The number of hydrogen-bond donors (Lipinski definition) is 2. The van der Waals surface area contributed by atoms with Crippen molar-refractivity contribution in [3.8, 4) is 0 Å². The molecule has 1 amide bonds. The molecule has 0 atom stereocenters. The highest BCUT2D eigenvalue weighted by atomic mass is 19.4.